The zero-order valence-electron chi connectivity index (χ0n) is 12.7. The molecule has 1 N–H and O–H groups in total. The molecule has 0 saturated carbocycles. The van der Waals surface area contributed by atoms with Crippen LogP contribution >= 0.6 is 0 Å². The maximum atomic E-state index is 12.5. The predicted molar refractivity (Wildman–Crippen MR) is 90.2 cm³/mol. The van der Waals surface area contributed by atoms with Gasteiger partial charge >= 0.3 is 0 Å². The topological polar surface area (TPSA) is 42.0 Å². The highest BCUT2D eigenvalue weighted by atomic mass is 16.1. The van der Waals surface area contributed by atoms with Gasteiger partial charge in [0.15, 0.2) is 0 Å². The molecule has 0 aliphatic heterocycles. The minimum absolute atomic E-state index is 0.115. The van der Waals surface area contributed by atoms with E-state index >= 15 is 0 Å². The Morgan fingerprint density at radius 3 is 2.50 bits per heavy atom. The molecular formula is C19H18N2O. The van der Waals surface area contributed by atoms with Crippen molar-refractivity contribution in [3.8, 4) is 0 Å². The molecule has 0 fully saturated rings. The Kier molecular flexibility index (Phi) is 3.88. The van der Waals surface area contributed by atoms with E-state index in [2.05, 4.69) is 24.1 Å². The number of carbonyl (C=O) groups is 1. The van der Waals surface area contributed by atoms with E-state index in [1.165, 1.54) is 5.56 Å². The lowest BCUT2D eigenvalue weighted by Gasteiger charge is -2.09. The Hall–Kier alpha value is -2.68. The molecule has 1 aromatic heterocycles. The monoisotopic (exact) mass is 290 g/mol. The molecule has 1 heterocycles. The SMILES string of the molecule is CC(C)c1ccc(NC(=O)c2cccc3ncccc23)cc1. The molecule has 3 heteroatoms. The molecule has 3 rings (SSSR count). The molecule has 2 aromatic carbocycles. The van der Waals surface area contributed by atoms with Crippen molar-refractivity contribution in [2.45, 2.75) is 19.8 Å². The van der Waals surface area contributed by atoms with E-state index in [0.717, 1.165) is 16.6 Å². The van der Waals surface area contributed by atoms with Crippen LogP contribution in [0.5, 0.6) is 0 Å². The maximum absolute atomic E-state index is 12.5. The number of rotatable bonds is 3. The van der Waals surface area contributed by atoms with E-state index in [0.29, 0.717) is 11.5 Å². The average Bonchev–Trinajstić information content (AvgIpc) is 2.54. The van der Waals surface area contributed by atoms with E-state index < -0.39 is 0 Å². The van der Waals surface area contributed by atoms with Crippen LogP contribution in [-0.4, -0.2) is 10.9 Å². The number of aromatic nitrogens is 1. The van der Waals surface area contributed by atoms with Crippen LogP contribution in [0.3, 0.4) is 0 Å². The zero-order chi connectivity index (χ0) is 15.5. The summed E-state index contributed by atoms with van der Waals surface area (Å²) >= 11 is 0. The molecule has 0 spiro atoms. The Bertz CT molecular complexity index is 802. The van der Waals surface area contributed by atoms with E-state index in [1.807, 2.05) is 54.6 Å². The van der Waals surface area contributed by atoms with Crippen molar-refractivity contribution in [3.63, 3.8) is 0 Å². The lowest BCUT2D eigenvalue weighted by Crippen LogP contribution is -2.12. The smallest absolute Gasteiger partial charge is 0.256 e. The number of nitrogens with zero attached hydrogens (tertiary/aromatic N) is 1. The first-order valence-electron chi connectivity index (χ1n) is 7.40. The highest BCUT2D eigenvalue weighted by molar-refractivity contribution is 6.12. The number of pyridine rings is 1. The number of amides is 1. The van der Waals surface area contributed by atoms with Crippen molar-refractivity contribution in [3.05, 3.63) is 71.9 Å². The van der Waals surface area contributed by atoms with E-state index in [1.54, 1.807) is 6.20 Å². The summed E-state index contributed by atoms with van der Waals surface area (Å²) < 4.78 is 0. The minimum atomic E-state index is -0.115. The van der Waals surface area contributed by atoms with Gasteiger partial charge in [-0.15, -0.1) is 0 Å². The van der Waals surface area contributed by atoms with Crippen LogP contribution < -0.4 is 5.32 Å². The third kappa shape index (κ3) is 2.84. The third-order valence-corrected chi connectivity index (χ3v) is 3.73. The van der Waals surface area contributed by atoms with Crippen molar-refractivity contribution < 1.29 is 4.79 Å². The molecule has 0 aliphatic carbocycles. The van der Waals surface area contributed by atoms with Crippen molar-refractivity contribution in [2.24, 2.45) is 0 Å². The largest absolute Gasteiger partial charge is 0.322 e. The number of carbonyl (C=O) groups excluding carboxylic acids is 1. The number of benzene rings is 2. The molecular weight excluding hydrogens is 272 g/mol. The summed E-state index contributed by atoms with van der Waals surface area (Å²) in [6.45, 7) is 4.30. The number of hydrogen-bond acceptors (Lipinski definition) is 2. The number of hydrogen-bond donors (Lipinski definition) is 1. The molecule has 0 bridgehead atoms. The fourth-order valence-corrected chi connectivity index (χ4v) is 2.45. The first kappa shape index (κ1) is 14.3. The molecule has 3 nitrogen and oxygen atoms in total. The van der Waals surface area contributed by atoms with Crippen LogP contribution in [0.15, 0.2) is 60.8 Å². The molecule has 110 valence electrons. The summed E-state index contributed by atoms with van der Waals surface area (Å²) in [6.07, 6.45) is 1.73. The van der Waals surface area contributed by atoms with Crippen LogP contribution in [0, 0.1) is 0 Å². The minimum Gasteiger partial charge on any atom is -0.322 e. The van der Waals surface area contributed by atoms with Crippen LogP contribution in [0.2, 0.25) is 0 Å². The second-order valence-corrected chi connectivity index (χ2v) is 5.61. The number of nitrogens with one attached hydrogen (secondary N) is 1. The van der Waals surface area contributed by atoms with E-state index in [-0.39, 0.29) is 5.91 Å². The standard InChI is InChI=1S/C19H18N2O/c1-13(2)14-8-10-15(11-9-14)21-19(22)17-5-3-7-18-16(17)6-4-12-20-18/h3-13H,1-2H3,(H,21,22). The summed E-state index contributed by atoms with van der Waals surface area (Å²) in [7, 11) is 0. The molecule has 0 saturated heterocycles. The van der Waals surface area contributed by atoms with Crippen molar-refractivity contribution in [2.75, 3.05) is 5.32 Å². The second-order valence-electron chi connectivity index (χ2n) is 5.61. The van der Waals surface area contributed by atoms with Crippen LogP contribution in [-0.2, 0) is 0 Å². The van der Waals surface area contributed by atoms with Gasteiger partial charge in [-0.2, -0.15) is 0 Å². The summed E-state index contributed by atoms with van der Waals surface area (Å²) in [6, 6.07) is 17.3. The molecule has 0 atom stereocenters. The Morgan fingerprint density at radius 2 is 1.77 bits per heavy atom. The summed E-state index contributed by atoms with van der Waals surface area (Å²) in [5.74, 6) is 0.366. The normalized spacial score (nSPS) is 10.9. The van der Waals surface area contributed by atoms with E-state index in [4.69, 9.17) is 0 Å². The van der Waals surface area contributed by atoms with Gasteiger partial charge in [0, 0.05) is 22.8 Å². The first-order valence-corrected chi connectivity index (χ1v) is 7.40. The Balaban J connectivity index is 1.87. The highest BCUT2D eigenvalue weighted by Gasteiger charge is 2.10. The molecule has 0 unspecified atom stereocenters. The van der Waals surface area contributed by atoms with Crippen molar-refractivity contribution in [1.82, 2.24) is 4.98 Å². The third-order valence-electron chi connectivity index (χ3n) is 3.73. The van der Waals surface area contributed by atoms with Gasteiger partial charge < -0.3 is 5.32 Å². The van der Waals surface area contributed by atoms with Gasteiger partial charge in [-0.3, -0.25) is 9.78 Å². The summed E-state index contributed by atoms with van der Waals surface area (Å²) in [5.41, 5.74) is 3.52. The highest BCUT2D eigenvalue weighted by Crippen LogP contribution is 2.20. The van der Waals surface area contributed by atoms with Crippen LogP contribution in [0.4, 0.5) is 5.69 Å². The van der Waals surface area contributed by atoms with Crippen LogP contribution in [0.25, 0.3) is 10.9 Å². The summed E-state index contributed by atoms with van der Waals surface area (Å²) in [5, 5.41) is 3.81. The van der Waals surface area contributed by atoms with Gasteiger partial charge in [0.1, 0.15) is 0 Å². The second kappa shape index (κ2) is 5.98. The van der Waals surface area contributed by atoms with Gasteiger partial charge in [-0.25, -0.2) is 0 Å². The quantitative estimate of drug-likeness (QED) is 0.765. The van der Waals surface area contributed by atoms with Gasteiger partial charge in [0.05, 0.1) is 5.52 Å². The van der Waals surface area contributed by atoms with Gasteiger partial charge in [0.25, 0.3) is 5.91 Å². The molecule has 22 heavy (non-hydrogen) atoms. The predicted octanol–water partition coefficient (Wildman–Crippen LogP) is 4.61. The fourth-order valence-electron chi connectivity index (χ4n) is 2.45. The van der Waals surface area contributed by atoms with Gasteiger partial charge in [0.2, 0.25) is 0 Å². The van der Waals surface area contributed by atoms with Crippen molar-refractivity contribution >= 4 is 22.5 Å². The lowest BCUT2D eigenvalue weighted by molar-refractivity contribution is 0.102. The maximum Gasteiger partial charge on any atom is 0.256 e. The van der Waals surface area contributed by atoms with E-state index in [9.17, 15) is 4.79 Å². The van der Waals surface area contributed by atoms with Gasteiger partial charge in [-0.05, 0) is 41.8 Å². The Labute approximate surface area is 130 Å². The molecule has 0 aliphatic rings. The molecule has 3 aromatic rings. The van der Waals surface area contributed by atoms with Gasteiger partial charge in [-0.1, -0.05) is 38.1 Å². The zero-order valence-corrected chi connectivity index (χ0v) is 12.7. The van der Waals surface area contributed by atoms with Crippen LogP contribution in [0.1, 0.15) is 35.7 Å². The molecule has 1 amide bonds. The summed E-state index contributed by atoms with van der Waals surface area (Å²) in [4.78, 5) is 16.8. The average molecular weight is 290 g/mol. The lowest BCUT2D eigenvalue weighted by atomic mass is 10.0. The number of anilines is 1. The first-order chi connectivity index (χ1) is 10.6. The van der Waals surface area contributed by atoms with Crippen molar-refractivity contribution in [1.29, 1.82) is 0 Å². The molecule has 0 radical (unpaired) electrons. The fraction of sp³-hybridized carbons (Fsp3) is 0.158. The Morgan fingerprint density at radius 1 is 1.00 bits per heavy atom. The number of fused-ring (bicyclic) bond motifs is 1.